The van der Waals surface area contributed by atoms with Gasteiger partial charge in [0.1, 0.15) is 0 Å². The first-order valence-corrected chi connectivity index (χ1v) is 4.72. The summed E-state index contributed by atoms with van der Waals surface area (Å²) in [5, 5.41) is 8.75. The van der Waals surface area contributed by atoms with Crippen molar-refractivity contribution < 1.29 is 9.84 Å². The van der Waals surface area contributed by atoms with Gasteiger partial charge in [-0.15, -0.1) is 0 Å². The molecule has 0 aliphatic heterocycles. The van der Waals surface area contributed by atoms with Gasteiger partial charge in [-0.1, -0.05) is 12.2 Å². The Labute approximate surface area is 84.7 Å². The van der Waals surface area contributed by atoms with Crippen molar-refractivity contribution in [3.63, 3.8) is 0 Å². The van der Waals surface area contributed by atoms with Gasteiger partial charge in [0, 0.05) is 33.2 Å². The first kappa shape index (κ1) is 12.8. The van der Waals surface area contributed by atoms with Crippen LogP contribution in [0.2, 0.25) is 0 Å². The van der Waals surface area contributed by atoms with Gasteiger partial charge in [-0.2, -0.15) is 0 Å². The van der Waals surface area contributed by atoms with E-state index in [0.717, 1.165) is 13.1 Å². The molecule has 0 atom stereocenters. The third-order valence-electron chi connectivity index (χ3n) is 1.70. The Morgan fingerprint density at radius 1 is 1.46 bits per heavy atom. The maximum atomic E-state index is 8.75. The molecule has 0 aromatic carbocycles. The van der Waals surface area contributed by atoms with Crippen LogP contribution in [0.25, 0.3) is 0 Å². The molecule has 3 N–H and O–H groups in total. The Bertz CT molecular complexity index is 144. The highest BCUT2D eigenvalue weighted by atomic mass is 32.1. The number of hydrogen-bond acceptors (Lipinski definition) is 4. The third-order valence-corrected chi connectivity index (χ3v) is 1.91. The molecule has 0 saturated heterocycles. The molecule has 0 fully saturated rings. The summed E-state index contributed by atoms with van der Waals surface area (Å²) >= 11 is 4.77. The van der Waals surface area contributed by atoms with Crippen LogP contribution in [0.5, 0.6) is 0 Å². The molecular formula is C8H18N2O2S. The maximum absolute atomic E-state index is 8.75. The number of methoxy groups -OCH3 is 1. The molecule has 5 heteroatoms. The fourth-order valence-corrected chi connectivity index (χ4v) is 1.06. The summed E-state index contributed by atoms with van der Waals surface area (Å²) < 4.78 is 4.94. The fourth-order valence-electron chi connectivity index (χ4n) is 0.966. The molecule has 0 heterocycles. The summed E-state index contributed by atoms with van der Waals surface area (Å²) in [6.45, 7) is 3.06. The zero-order valence-corrected chi connectivity index (χ0v) is 8.85. The molecule has 0 rings (SSSR count). The average Bonchev–Trinajstić information content (AvgIpc) is 2.09. The Morgan fingerprint density at radius 2 is 2.15 bits per heavy atom. The predicted octanol–water partition coefficient (Wildman–Crippen LogP) is -0.397. The van der Waals surface area contributed by atoms with Crippen LogP contribution in [-0.2, 0) is 4.74 Å². The van der Waals surface area contributed by atoms with E-state index >= 15 is 0 Å². The lowest BCUT2D eigenvalue weighted by molar-refractivity contribution is 0.133. The highest BCUT2D eigenvalue weighted by Crippen LogP contribution is 1.91. The molecule has 0 aromatic rings. The predicted molar refractivity (Wildman–Crippen MR) is 56.8 cm³/mol. The van der Waals surface area contributed by atoms with Gasteiger partial charge in [0.25, 0.3) is 0 Å². The lowest BCUT2D eigenvalue weighted by Gasteiger charge is -2.20. The van der Waals surface area contributed by atoms with E-state index in [1.54, 1.807) is 7.11 Å². The number of aliphatic hydroxyl groups is 1. The van der Waals surface area contributed by atoms with E-state index in [1.165, 1.54) is 0 Å². The van der Waals surface area contributed by atoms with Crippen molar-refractivity contribution in [1.82, 2.24) is 4.90 Å². The van der Waals surface area contributed by atoms with Crippen LogP contribution >= 0.6 is 12.2 Å². The van der Waals surface area contributed by atoms with Crippen LogP contribution in [0.3, 0.4) is 0 Å². The van der Waals surface area contributed by atoms with E-state index in [-0.39, 0.29) is 6.61 Å². The van der Waals surface area contributed by atoms with Crippen LogP contribution in [-0.4, -0.2) is 55.0 Å². The Kier molecular flexibility index (Phi) is 8.22. The van der Waals surface area contributed by atoms with Crippen LogP contribution in [0, 0.1) is 0 Å². The third kappa shape index (κ3) is 8.11. The molecule has 13 heavy (non-hydrogen) atoms. The second kappa shape index (κ2) is 8.37. The first-order valence-electron chi connectivity index (χ1n) is 4.31. The van der Waals surface area contributed by atoms with Gasteiger partial charge >= 0.3 is 0 Å². The fraction of sp³-hybridized carbons (Fsp3) is 0.875. The molecule has 0 saturated carbocycles. The quantitative estimate of drug-likeness (QED) is 0.529. The molecule has 0 amide bonds. The van der Waals surface area contributed by atoms with Crippen molar-refractivity contribution in [3.05, 3.63) is 0 Å². The minimum Gasteiger partial charge on any atom is -0.395 e. The minimum atomic E-state index is 0.154. The van der Waals surface area contributed by atoms with Gasteiger partial charge in [-0.25, -0.2) is 0 Å². The summed E-state index contributed by atoms with van der Waals surface area (Å²) in [6.07, 6.45) is 0.693. The normalized spacial score (nSPS) is 10.7. The second-order valence-corrected chi connectivity index (χ2v) is 3.30. The topological polar surface area (TPSA) is 58.7 Å². The molecule has 0 aliphatic carbocycles. The lowest BCUT2D eigenvalue weighted by Crippen LogP contribution is -2.33. The summed E-state index contributed by atoms with van der Waals surface area (Å²) in [5.41, 5.74) is 5.38. The van der Waals surface area contributed by atoms with E-state index in [4.69, 9.17) is 27.8 Å². The van der Waals surface area contributed by atoms with E-state index in [1.807, 2.05) is 0 Å². The Balaban J connectivity index is 3.59. The van der Waals surface area contributed by atoms with Gasteiger partial charge < -0.3 is 15.6 Å². The highest BCUT2D eigenvalue weighted by molar-refractivity contribution is 7.80. The Morgan fingerprint density at radius 3 is 2.62 bits per heavy atom. The molecule has 0 spiro atoms. The average molecular weight is 206 g/mol. The van der Waals surface area contributed by atoms with Gasteiger partial charge in [0.15, 0.2) is 0 Å². The van der Waals surface area contributed by atoms with E-state index < -0.39 is 0 Å². The van der Waals surface area contributed by atoms with Gasteiger partial charge in [-0.3, -0.25) is 4.90 Å². The molecule has 4 nitrogen and oxygen atoms in total. The van der Waals surface area contributed by atoms with E-state index in [2.05, 4.69) is 4.90 Å². The molecule has 78 valence electrons. The number of nitrogens with two attached hydrogens (primary N) is 1. The highest BCUT2D eigenvalue weighted by Gasteiger charge is 2.03. The van der Waals surface area contributed by atoms with Crippen LogP contribution in [0.1, 0.15) is 6.42 Å². The SMILES string of the molecule is COCCN(CCO)CCC(N)=S. The zero-order chi connectivity index (χ0) is 10.1. The van der Waals surface area contributed by atoms with Gasteiger partial charge in [-0.05, 0) is 0 Å². The zero-order valence-electron chi connectivity index (χ0n) is 8.03. The van der Waals surface area contributed by atoms with Gasteiger partial charge in [0.05, 0.1) is 18.2 Å². The number of hydrogen-bond donors (Lipinski definition) is 2. The van der Waals surface area contributed by atoms with Crippen molar-refractivity contribution >= 4 is 17.2 Å². The monoisotopic (exact) mass is 206 g/mol. The Hall–Kier alpha value is -0.230. The lowest BCUT2D eigenvalue weighted by atomic mass is 10.3. The van der Waals surface area contributed by atoms with Crippen molar-refractivity contribution in [2.24, 2.45) is 5.73 Å². The summed E-state index contributed by atoms with van der Waals surface area (Å²) in [6, 6.07) is 0. The van der Waals surface area contributed by atoms with Crippen molar-refractivity contribution in [2.45, 2.75) is 6.42 Å². The number of thiocarbonyl (C=S) groups is 1. The second-order valence-electron chi connectivity index (χ2n) is 2.77. The van der Waals surface area contributed by atoms with Crippen molar-refractivity contribution in [1.29, 1.82) is 0 Å². The van der Waals surface area contributed by atoms with Crippen LogP contribution < -0.4 is 5.73 Å². The maximum Gasteiger partial charge on any atom is 0.0740 e. The number of rotatable bonds is 8. The minimum absolute atomic E-state index is 0.154. The van der Waals surface area contributed by atoms with Crippen LogP contribution in [0.15, 0.2) is 0 Å². The molecule has 0 radical (unpaired) electrons. The molecule has 0 unspecified atom stereocenters. The number of ether oxygens (including phenoxy) is 1. The smallest absolute Gasteiger partial charge is 0.0740 e. The van der Waals surface area contributed by atoms with Crippen molar-refractivity contribution in [3.8, 4) is 0 Å². The first-order chi connectivity index (χ1) is 6.20. The van der Waals surface area contributed by atoms with Crippen LogP contribution in [0.4, 0.5) is 0 Å². The summed E-state index contributed by atoms with van der Waals surface area (Å²) in [5.74, 6) is 0. The largest absolute Gasteiger partial charge is 0.395 e. The molecule has 0 aromatic heterocycles. The molecule has 0 aliphatic rings. The molecular weight excluding hydrogens is 188 g/mol. The summed E-state index contributed by atoms with van der Waals surface area (Å²) in [4.78, 5) is 2.59. The van der Waals surface area contributed by atoms with Crippen molar-refractivity contribution in [2.75, 3.05) is 40.0 Å². The standard InChI is InChI=1S/C8H18N2O2S/c1-12-7-5-10(4-6-11)3-2-8(9)13/h11H,2-7H2,1H3,(H2,9,13). The van der Waals surface area contributed by atoms with E-state index in [9.17, 15) is 0 Å². The molecule has 0 bridgehead atoms. The van der Waals surface area contributed by atoms with E-state index in [0.29, 0.717) is 24.6 Å². The number of nitrogens with zero attached hydrogens (tertiary/aromatic N) is 1. The number of aliphatic hydroxyl groups excluding tert-OH is 1. The summed E-state index contributed by atoms with van der Waals surface area (Å²) in [7, 11) is 1.66. The van der Waals surface area contributed by atoms with Gasteiger partial charge in [0.2, 0.25) is 0 Å².